The predicted molar refractivity (Wildman–Crippen MR) is 97.1 cm³/mol. The number of benzene rings is 2. The van der Waals surface area contributed by atoms with Gasteiger partial charge >= 0.3 is 0 Å². The second kappa shape index (κ2) is 8.03. The molecule has 130 valence electrons. The number of carbonyl (C=O) groups is 2. The molecule has 5 nitrogen and oxygen atoms in total. The molecule has 25 heavy (non-hydrogen) atoms. The largest absolute Gasteiger partial charge is 0.490 e. The van der Waals surface area contributed by atoms with Gasteiger partial charge in [0.2, 0.25) is 6.41 Å². The number of nitrogens with zero attached hydrogens (tertiary/aromatic N) is 1. The van der Waals surface area contributed by atoms with Gasteiger partial charge in [0.25, 0.3) is 5.91 Å². The van der Waals surface area contributed by atoms with Crippen LogP contribution in [-0.4, -0.2) is 36.4 Å². The maximum atomic E-state index is 12.6. The van der Waals surface area contributed by atoms with Crippen molar-refractivity contribution in [1.29, 1.82) is 0 Å². The minimum absolute atomic E-state index is 0.00240. The Morgan fingerprint density at radius 1 is 1.08 bits per heavy atom. The summed E-state index contributed by atoms with van der Waals surface area (Å²) in [6.45, 7) is 1.32. The lowest BCUT2D eigenvalue weighted by Gasteiger charge is -2.32. The van der Waals surface area contributed by atoms with E-state index in [9.17, 15) is 9.59 Å². The number of piperidine rings is 1. The van der Waals surface area contributed by atoms with Crippen molar-refractivity contribution in [2.45, 2.75) is 18.9 Å². The van der Waals surface area contributed by atoms with Gasteiger partial charge in [0, 0.05) is 42.2 Å². The minimum Gasteiger partial charge on any atom is -0.490 e. The topological polar surface area (TPSA) is 58.6 Å². The molecule has 1 aliphatic rings. The molecule has 0 aliphatic carbocycles. The van der Waals surface area contributed by atoms with Crippen molar-refractivity contribution >= 4 is 29.6 Å². The summed E-state index contributed by atoms with van der Waals surface area (Å²) in [6, 6.07) is 14.2. The maximum absolute atomic E-state index is 12.6. The number of hydrogen-bond donors (Lipinski definition) is 1. The van der Waals surface area contributed by atoms with E-state index in [-0.39, 0.29) is 12.0 Å². The van der Waals surface area contributed by atoms with E-state index in [0.717, 1.165) is 18.6 Å². The van der Waals surface area contributed by atoms with Gasteiger partial charge in [-0.05, 0) is 48.5 Å². The number of ether oxygens (including phenoxy) is 1. The Bertz CT molecular complexity index is 723. The van der Waals surface area contributed by atoms with Crippen LogP contribution >= 0.6 is 11.6 Å². The Morgan fingerprint density at radius 3 is 2.32 bits per heavy atom. The van der Waals surface area contributed by atoms with Crippen LogP contribution in [0.25, 0.3) is 0 Å². The summed E-state index contributed by atoms with van der Waals surface area (Å²) >= 11 is 5.87. The Kier molecular flexibility index (Phi) is 5.56. The van der Waals surface area contributed by atoms with E-state index in [0.29, 0.717) is 35.8 Å². The average Bonchev–Trinajstić information content (AvgIpc) is 2.65. The smallest absolute Gasteiger partial charge is 0.253 e. The summed E-state index contributed by atoms with van der Waals surface area (Å²) in [5.41, 5.74) is 1.29. The van der Waals surface area contributed by atoms with Crippen LogP contribution in [0.4, 0.5) is 5.69 Å². The molecule has 1 fully saturated rings. The van der Waals surface area contributed by atoms with E-state index in [1.807, 2.05) is 17.0 Å². The van der Waals surface area contributed by atoms with Crippen LogP contribution < -0.4 is 10.1 Å². The average molecular weight is 359 g/mol. The van der Waals surface area contributed by atoms with Crippen LogP contribution in [0, 0.1) is 0 Å². The third-order valence-electron chi connectivity index (χ3n) is 4.20. The van der Waals surface area contributed by atoms with Crippen molar-refractivity contribution in [3.8, 4) is 5.75 Å². The lowest BCUT2D eigenvalue weighted by Crippen LogP contribution is -2.41. The van der Waals surface area contributed by atoms with Gasteiger partial charge in [-0.15, -0.1) is 0 Å². The number of anilines is 1. The number of likely N-dealkylation sites (tertiary alicyclic amines) is 1. The van der Waals surface area contributed by atoms with Gasteiger partial charge < -0.3 is 15.0 Å². The Morgan fingerprint density at radius 2 is 1.72 bits per heavy atom. The van der Waals surface area contributed by atoms with Crippen LogP contribution in [0.2, 0.25) is 5.02 Å². The molecular weight excluding hydrogens is 340 g/mol. The number of nitrogens with one attached hydrogen (secondary N) is 1. The number of carbonyl (C=O) groups excluding carboxylic acids is 2. The van der Waals surface area contributed by atoms with Gasteiger partial charge in [-0.25, -0.2) is 0 Å². The highest BCUT2D eigenvalue weighted by molar-refractivity contribution is 6.30. The lowest BCUT2D eigenvalue weighted by atomic mass is 10.1. The van der Waals surface area contributed by atoms with Crippen LogP contribution in [0.1, 0.15) is 23.2 Å². The first-order valence-corrected chi connectivity index (χ1v) is 8.55. The van der Waals surface area contributed by atoms with Gasteiger partial charge in [0.15, 0.2) is 0 Å². The second-order valence-corrected chi connectivity index (χ2v) is 6.34. The highest BCUT2D eigenvalue weighted by atomic mass is 35.5. The first-order valence-electron chi connectivity index (χ1n) is 8.17. The monoisotopic (exact) mass is 358 g/mol. The van der Waals surface area contributed by atoms with E-state index >= 15 is 0 Å². The molecule has 1 saturated heterocycles. The lowest BCUT2D eigenvalue weighted by molar-refractivity contribution is -0.105. The van der Waals surface area contributed by atoms with Gasteiger partial charge in [0.1, 0.15) is 11.9 Å². The van der Waals surface area contributed by atoms with Crippen molar-refractivity contribution in [2.24, 2.45) is 0 Å². The molecule has 6 heteroatoms. The zero-order chi connectivity index (χ0) is 17.6. The highest BCUT2D eigenvalue weighted by Gasteiger charge is 2.24. The van der Waals surface area contributed by atoms with Crippen LogP contribution in [-0.2, 0) is 4.79 Å². The summed E-state index contributed by atoms with van der Waals surface area (Å²) in [5.74, 6) is 0.801. The molecule has 3 rings (SSSR count). The van der Waals surface area contributed by atoms with Gasteiger partial charge in [-0.1, -0.05) is 11.6 Å². The minimum atomic E-state index is 0.00240. The Balaban J connectivity index is 1.53. The highest BCUT2D eigenvalue weighted by Crippen LogP contribution is 2.22. The van der Waals surface area contributed by atoms with Gasteiger partial charge in [-0.3, -0.25) is 9.59 Å². The predicted octanol–water partition coefficient (Wildman–Crippen LogP) is 3.59. The molecule has 0 unspecified atom stereocenters. The molecule has 0 saturated carbocycles. The number of halogens is 1. The number of rotatable bonds is 5. The fourth-order valence-electron chi connectivity index (χ4n) is 2.84. The quantitative estimate of drug-likeness (QED) is 0.831. The molecule has 0 spiro atoms. The molecule has 1 N–H and O–H groups in total. The van der Waals surface area contributed by atoms with Crippen LogP contribution in [0.5, 0.6) is 5.75 Å². The standard InChI is InChI=1S/C19H19ClN2O3/c20-15-3-7-17(8-4-15)25-18-9-11-22(12-10-18)19(24)14-1-5-16(6-2-14)21-13-23/h1-8,13,18H,9-12H2,(H,21,23). The summed E-state index contributed by atoms with van der Waals surface area (Å²) in [4.78, 5) is 24.8. The van der Waals surface area contributed by atoms with E-state index in [2.05, 4.69) is 5.32 Å². The zero-order valence-corrected chi connectivity index (χ0v) is 14.4. The maximum Gasteiger partial charge on any atom is 0.253 e. The third kappa shape index (κ3) is 4.51. The first-order chi connectivity index (χ1) is 12.2. The summed E-state index contributed by atoms with van der Waals surface area (Å²) in [7, 11) is 0. The van der Waals surface area contributed by atoms with Crippen molar-refractivity contribution in [1.82, 2.24) is 4.90 Å². The second-order valence-electron chi connectivity index (χ2n) is 5.90. The van der Waals surface area contributed by atoms with Crippen LogP contribution in [0.3, 0.4) is 0 Å². The Hall–Kier alpha value is -2.53. The molecule has 0 radical (unpaired) electrons. The first kappa shape index (κ1) is 17.3. The molecule has 2 aromatic rings. The molecule has 2 aromatic carbocycles. The zero-order valence-electron chi connectivity index (χ0n) is 13.7. The summed E-state index contributed by atoms with van der Waals surface area (Å²) < 4.78 is 5.95. The fourth-order valence-corrected chi connectivity index (χ4v) is 2.97. The van der Waals surface area contributed by atoms with Gasteiger partial charge in [-0.2, -0.15) is 0 Å². The normalized spacial score (nSPS) is 14.8. The van der Waals surface area contributed by atoms with E-state index in [1.165, 1.54) is 0 Å². The SMILES string of the molecule is O=CNc1ccc(C(=O)N2CCC(Oc3ccc(Cl)cc3)CC2)cc1. The molecule has 2 amide bonds. The molecule has 0 atom stereocenters. The van der Waals surface area contributed by atoms with E-state index in [4.69, 9.17) is 16.3 Å². The van der Waals surface area contributed by atoms with Crippen LogP contribution in [0.15, 0.2) is 48.5 Å². The molecule has 0 bridgehead atoms. The molecule has 0 aromatic heterocycles. The van der Waals surface area contributed by atoms with Crippen molar-refractivity contribution in [3.05, 3.63) is 59.1 Å². The number of hydrogen-bond acceptors (Lipinski definition) is 3. The summed E-state index contributed by atoms with van der Waals surface area (Å²) in [6.07, 6.45) is 2.30. The molecule has 1 aliphatic heterocycles. The van der Waals surface area contributed by atoms with E-state index in [1.54, 1.807) is 36.4 Å². The van der Waals surface area contributed by atoms with Crippen molar-refractivity contribution in [3.63, 3.8) is 0 Å². The van der Waals surface area contributed by atoms with E-state index < -0.39 is 0 Å². The Labute approximate surface area is 151 Å². The molecular formula is C19H19ClN2O3. The van der Waals surface area contributed by atoms with Crippen molar-refractivity contribution in [2.75, 3.05) is 18.4 Å². The third-order valence-corrected chi connectivity index (χ3v) is 4.46. The summed E-state index contributed by atoms with van der Waals surface area (Å²) in [5, 5.41) is 3.24. The fraction of sp³-hybridized carbons (Fsp3) is 0.263. The molecule has 1 heterocycles. The number of amides is 2. The van der Waals surface area contributed by atoms with Crippen molar-refractivity contribution < 1.29 is 14.3 Å². The van der Waals surface area contributed by atoms with Gasteiger partial charge in [0.05, 0.1) is 0 Å².